The second-order valence-corrected chi connectivity index (χ2v) is 5.13. The van der Waals surface area contributed by atoms with Gasteiger partial charge in [-0.3, -0.25) is 9.59 Å². The van der Waals surface area contributed by atoms with Crippen LogP contribution in [0.3, 0.4) is 0 Å². The molecule has 1 aromatic heterocycles. The Morgan fingerprint density at radius 2 is 1.91 bits per heavy atom. The number of methoxy groups -OCH3 is 1. The topological polar surface area (TPSA) is 80.6 Å². The van der Waals surface area contributed by atoms with Crippen LogP contribution in [0.5, 0.6) is 0 Å². The first-order valence-corrected chi connectivity index (χ1v) is 7.35. The van der Waals surface area contributed by atoms with Crippen LogP contribution >= 0.6 is 11.6 Å². The molecule has 2 aromatic rings. The van der Waals surface area contributed by atoms with Crippen LogP contribution in [0, 0.1) is 0 Å². The Morgan fingerprint density at radius 1 is 1.17 bits per heavy atom. The van der Waals surface area contributed by atoms with Gasteiger partial charge < -0.3 is 19.8 Å². The second-order valence-electron chi connectivity index (χ2n) is 4.72. The third-order valence-corrected chi connectivity index (χ3v) is 3.54. The van der Waals surface area contributed by atoms with E-state index in [2.05, 4.69) is 10.6 Å². The molecule has 2 N–H and O–H groups in total. The molecule has 0 radical (unpaired) electrons. The average molecular weight is 337 g/mol. The highest BCUT2D eigenvalue weighted by Gasteiger charge is 2.18. The lowest BCUT2D eigenvalue weighted by atomic mass is 10.1. The van der Waals surface area contributed by atoms with Gasteiger partial charge >= 0.3 is 11.8 Å². The van der Waals surface area contributed by atoms with Crippen molar-refractivity contribution >= 4 is 23.4 Å². The van der Waals surface area contributed by atoms with Crippen LogP contribution in [0.25, 0.3) is 0 Å². The molecule has 0 aliphatic rings. The monoisotopic (exact) mass is 336 g/mol. The van der Waals surface area contributed by atoms with Crippen LogP contribution < -0.4 is 10.6 Å². The van der Waals surface area contributed by atoms with E-state index in [1.807, 2.05) is 6.07 Å². The van der Waals surface area contributed by atoms with Crippen molar-refractivity contribution in [1.29, 1.82) is 0 Å². The van der Waals surface area contributed by atoms with Gasteiger partial charge in [0.25, 0.3) is 0 Å². The van der Waals surface area contributed by atoms with Gasteiger partial charge in [0.2, 0.25) is 0 Å². The highest BCUT2D eigenvalue weighted by molar-refractivity contribution is 6.35. The van der Waals surface area contributed by atoms with Gasteiger partial charge in [0, 0.05) is 24.2 Å². The van der Waals surface area contributed by atoms with E-state index in [4.69, 9.17) is 20.8 Å². The minimum atomic E-state index is -0.745. The van der Waals surface area contributed by atoms with Gasteiger partial charge in [0.05, 0.1) is 12.8 Å². The van der Waals surface area contributed by atoms with E-state index in [-0.39, 0.29) is 13.1 Å². The normalized spacial score (nSPS) is 11.7. The molecule has 6 nitrogen and oxygen atoms in total. The first-order chi connectivity index (χ1) is 11.1. The largest absolute Gasteiger partial charge is 0.467 e. The molecular weight excluding hydrogens is 320 g/mol. The Kier molecular flexibility index (Phi) is 6.19. The minimum Gasteiger partial charge on any atom is -0.467 e. The molecule has 1 aromatic carbocycles. The Balaban J connectivity index is 1.84. The van der Waals surface area contributed by atoms with Gasteiger partial charge in [-0.25, -0.2) is 0 Å². The summed E-state index contributed by atoms with van der Waals surface area (Å²) >= 11 is 6.10. The summed E-state index contributed by atoms with van der Waals surface area (Å²) in [5.41, 5.74) is 0.743. The van der Waals surface area contributed by atoms with Crippen LogP contribution in [0.1, 0.15) is 17.4 Å². The number of carbonyl (C=O) groups excluding carboxylic acids is 2. The fraction of sp³-hybridized carbons (Fsp3) is 0.250. The maximum Gasteiger partial charge on any atom is 0.309 e. The number of amides is 2. The number of ether oxygens (including phenoxy) is 1. The van der Waals surface area contributed by atoms with Crippen LogP contribution in [0.2, 0.25) is 5.02 Å². The molecule has 0 aliphatic carbocycles. The summed E-state index contributed by atoms with van der Waals surface area (Å²) in [7, 11) is 1.51. The number of benzene rings is 1. The van der Waals surface area contributed by atoms with Gasteiger partial charge in [-0.1, -0.05) is 29.8 Å². The molecule has 23 heavy (non-hydrogen) atoms. The minimum absolute atomic E-state index is 0.132. The number of nitrogens with one attached hydrogen (secondary N) is 2. The van der Waals surface area contributed by atoms with E-state index in [1.165, 1.54) is 13.4 Å². The zero-order chi connectivity index (χ0) is 16.7. The van der Waals surface area contributed by atoms with Crippen molar-refractivity contribution in [2.24, 2.45) is 0 Å². The lowest BCUT2D eigenvalue weighted by Gasteiger charge is -2.17. The van der Waals surface area contributed by atoms with Crippen LogP contribution in [-0.4, -0.2) is 25.5 Å². The summed E-state index contributed by atoms with van der Waals surface area (Å²) in [4.78, 5) is 23.5. The smallest absolute Gasteiger partial charge is 0.309 e. The van der Waals surface area contributed by atoms with E-state index in [0.29, 0.717) is 10.8 Å². The Bertz CT molecular complexity index is 658. The fourth-order valence-corrected chi connectivity index (χ4v) is 2.24. The van der Waals surface area contributed by atoms with Crippen molar-refractivity contribution in [3.63, 3.8) is 0 Å². The maximum atomic E-state index is 11.8. The SMILES string of the molecule is CO[C@H](CNC(=O)C(=O)NCc1ccco1)c1ccccc1Cl. The van der Waals surface area contributed by atoms with E-state index in [1.54, 1.807) is 30.3 Å². The maximum absolute atomic E-state index is 11.8. The van der Waals surface area contributed by atoms with Gasteiger partial charge in [0.1, 0.15) is 11.9 Å². The summed E-state index contributed by atoms with van der Waals surface area (Å²) in [6, 6.07) is 10.6. The summed E-state index contributed by atoms with van der Waals surface area (Å²) in [5, 5.41) is 5.53. The molecule has 0 fully saturated rings. The first-order valence-electron chi connectivity index (χ1n) is 6.97. The molecule has 1 heterocycles. The number of hydrogen-bond donors (Lipinski definition) is 2. The Morgan fingerprint density at radius 3 is 2.57 bits per heavy atom. The molecule has 0 saturated heterocycles. The van der Waals surface area contributed by atoms with Crippen LogP contribution in [0.15, 0.2) is 47.1 Å². The van der Waals surface area contributed by atoms with E-state index < -0.39 is 17.9 Å². The highest BCUT2D eigenvalue weighted by atomic mass is 35.5. The lowest BCUT2D eigenvalue weighted by Crippen LogP contribution is -2.41. The number of halogens is 1. The molecule has 0 bridgehead atoms. The summed E-state index contributed by atoms with van der Waals surface area (Å²) < 4.78 is 10.4. The third-order valence-electron chi connectivity index (χ3n) is 3.19. The molecule has 2 rings (SSSR count). The molecule has 0 unspecified atom stereocenters. The predicted octanol–water partition coefficient (Wildman–Crippen LogP) is 2.05. The molecule has 122 valence electrons. The van der Waals surface area contributed by atoms with Crippen molar-refractivity contribution in [3.8, 4) is 0 Å². The van der Waals surface area contributed by atoms with Crippen molar-refractivity contribution in [2.75, 3.05) is 13.7 Å². The number of furan rings is 1. The molecule has 0 saturated carbocycles. The number of rotatable bonds is 6. The standard InChI is InChI=1S/C16H17ClN2O4/c1-22-14(12-6-2-3-7-13(12)17)10-19-16(21)15(20)18-9-11-5-4-8-23-11/h2-8,14H,9-10H2,1H3,(H,18,20)(H,19,21)/t14-/m1/s1. The Labute approximate surface area is 138 Å². The fourth-order valence-electron chi connectivity index (χ4n) is 1.98. The Hall–Kier alpha value is -2.31. The van der Waals surface area contributed by atoms with Gasteiger partial charge in [-0.05, 0) is 18.2 Å². The van der Waals surface area contributed by atoms with Crippen molar-refractivity contribution in [2.45, 2.75) is 12.6 Å². The van der Waals surface area contributed by atoms with Gasteiger partial charge in [-0.2, -0.15) is 0 Å². The molecule has 0 aliphatic heterocycles. The summed E-state index contributed by atoms with van der Waals surface area (Å²) in [6.45, 7) is 0.282. The first kappa shape index (κ1) is 17.1. The average Bonchev–Trinajstić information content (AvgIpc) is 3.07. The summed E-state index contributed by atoms with van der Waals surface area (Å²) in [5.74, 6) is -0.918. The molecule has 1 atom stereocenters. The van der Waals surface area contributed by atoms with Crippen molar-refractivity contribution in [1.82, 2.24) is 10.6 Å². The lowest BCUT2D eigenvalue weighted by molar-refractivity contribution is -0.139. The second kappa shape index (κ2) is 8.36. The van der Waals surface area contributed by atoms with Crippen molar-refractivity contribution in [3.05, 3.63) is 59.0 Å². The molecular formula is C16H17ClN2O4. The number of hydrogen-bond acceptors (Lipinski definition) is 4. The van der Waals surface area contributed by atoms with Crippen LogP contribution in [0.4, 0.5) is 0 Å². The van der Waals surface area contributed by atoms with E-state index in [0.717, 1.165) is 5.56 Å². The van der Waals surface area contributed by atoms with Gasteiger partial charge in [0.15, 0.2) is 0 Å². The van der Waals surface area contributed by atoms with E-state index in [9.17, 15) is 9.59 Å². The molecule has 2 amide bonds. The quantitative estimate of drug-likeness (QED) is 0.791. The zero-order valence-electron chi connectivity index (χ0n) is 12.5. The molecule has 0 spiro atoms. The van der Waals surface area contributed by atoms with Crippen molar-refractivity contribution < 1.29 is 18.7 Å². The third kappa shape index (κ3) is 4.84. The van der Waals surface area contributed by atoms with Crippen LogP contribution in [-0.2, 0) is 20.9 Å². The molecule has 7 heteroatoms. The highest BCUT2D eigenvalue weighted by Crippen LogP contribution is 2.24. The van der Waals surface area contributed by atoms with E-state index >= 15 is 0 Å². The zero-order valence-corrected chi connectivity index (χ0v) is 13.3. The number of carbonyl (C=O) groups is 2. The predicted molar refractivity (Wildman–Crippen MR) is 84.8 cm³/mol. The van der Waals surface area contributed by atoms with Gasteiger partial charge in [-0.15, -0.1) is 0 Å². The summed E-state index contributed by atoms with van der Waals surface area (Å²) in [6.07, 6.45) is 1.06.